The molecule has 1 aliphatic rings. The van der Waals surface area contributed by atoms with Gasteiger partial charge in [0.15, 0.2) is 5.78 Å². The van der Waals surface area contributed by atoms with Crippen molar-refractivity contribution >= 4 is 39.3 Å². The van der Waals surface area contributed by atoms with Crippen LogP contribution in [0.25, 0.3) is 12.2 Å². The lowest BCUT2D eigenvalue weighted by Gasteiger charge is -2.29. The number of nitroso groups, excluding NO2 is 2. The molecular formula is C25H18FN3O5S. The minimum atomic E-state index is -4.08. The van der Waals surface area contributed by atoms with Crippen molar-refractivity contribution in [3.05, 3.63) is 111 Å². The zero-order valence-electron chi connectivity index (χ0n) is 18.2. The van der Waals surface area contributed by atoms with E-state index in [4.69, 9.17) is 0 Å². The minimum Gasteiger partial charge on any atom is -0.289 e. The summed E-state index contributed by atoms with van der Waals surface area (Å²) in [6.07, 6.45) is 3.00. The number of hydrogen-bond acceptors (Lipinski definition) is 7. The summed E-state index contributed by atoms with van der Waals surface area (Å²) in [5.74, 6) is -0.962. The number of halogens is 1. The molecule has 0 aromatic heterocycles. The Hall–Kier alpha value is -4.15. The summed E-state index contributed by atoms with van der Waals surface area (Å²) in [6.45, 7) is -0.463. The molecule has 176 valence electrons. The number of nitrogens with zero attached hydrogens (tertiary/aromatic N) is 3. The van der Waals surface area contributed by atoms with Crippen LogP contribution in [0.3, 0.4) is 0 Å². The van der Waals surface area contributed by atoms with E-state index in [0.29, 0.717) is 11.1 Å². The van der Waals surface area contributed by atoms with Crippen molar-refractivity contribution in [3.8, 4) is 0 Å². The molecule has 0 spiro atoms. The molecule has 0 N–H and O–H groups in total. The van der Waals surface area contributed by atoms with Gasteiger partial charge >= 0.3 is 0 Å². The van der Waals surface area contributed by atoms with Crippen LogP contribution in [0.1, 0.15) is 11.1 Å². The number of Topliss-reactive ketones (excluding diaryl/α,β-unsaturated/α-hetero) is 1. The van der Waals surface area contributed by atoms with Crippen molar-refractivity contribution in [1.82, 2.24) is 4.31 Å². The summed E-state index contributed by atoms with van der Waals surface area (Å²) in [7, 11) is -4.08. The van der Waals surface area contributed by atoms with Gasteiger partial charge in [0, 0.05) is 24.2 Å². The lowest BCUT2D eigenvalue weighted by Crippen LogP contribution is -2.41. The second-order valence-electron chi connectivity index (χ2n) is 7.77. The lowest BCUT2D eigenvalue weighted by molar-refractivity contribution is -0.113. The fourth-order valence-electron chi connectivity index (χ4n) is 3.68. The average Bonchev–Trinajstić information content (AvgIpc) is 2.86. The normalized spacial score (nSPS) is 17.0. The van der Waals surface area contributed by atoms with Crippen LogP contribution in [0.15, 0.2) is 99.2 Å². The lowest BCUT2D eigenvalue weighted by atomic mass is 9.95. The number of piperidine rings is 1. The van der Waals surface area contributed by atoms with E-state index in [1.54, 1.807) is 24.3 Å². The average molecular weight is 492 g/mol. The number of rotatable bonds is 6. The predicted octanol–water partition coefficient (Wildman–Crippen LogP) is 5.36. The van der Waals surface area contributed by atoms with Crippen LogP contribution < -0.4 is 0 Å². The van der Waals surface area contributed by atoms with Crippen LogP contribution >= 0.6 is 0 Å². The van der Waals surface area contributed by atoms with Crippen LogP contribution in [0.5, 0.6) is 0 Å². The highest BCUT2D eigenvalue weighted by Crippen LogP contribution is 2.28. The molecule has 0 unspecified atom stereocenters. The van der Waals surface area contributed by atoms with Gasteiger partial charge in [0.2, 0.25) is 10.0 Å². The zero-order valence-corrected chi connectivity index (χ0v) is 19.0. The largest absolute Gasteiger partial charge is 0.289 e. The van der Waals surface area contributed by atoms with Gasteiger partial charge < -0.3 is 0 Å². The molecule has 1 aliphatic heterocycles. The van der Waals surface area contributed by atoms with E-state index in [0.717, 1.165) is 28.6 Å². The highest BCUT2D eigenvalue weighted by molar-refractivity contribution is 7.89. The van der Waals surface area contributed by atoms with Crippen molar-refractivity contribution in [2.75, 3.05) is 13.1 Å². The number of benzene rings is 3. The predicted molar refractivity (Wildman–Crippen MR) is 130 cm³/mol. The zero-order chi connectivity index (χ0) is 25.0. The van der Waals surface area contributed by atoms with Crippen LogP contribution in [-0.2, 0) is 14.8 Å². The van der Waals surface area contributed by atoms with Crippen molar-refractivity contribution in [3.63, 3.8) is 0 Å². The Kier molecular flexibility index (Phi) is 6.85. The number of carbonyl (C=O) groups is 1. The number of hydrogen-bond donors (Lipinski definition) is 0. The van der Waals surface area contributed by atoms with Gasteiger partial charge in [-0.05, 0) is 82.2 Å². The van der Waals surface area contributed by atoms with Crippen molar-refractivity contribution in [2.45, 2.75) is 4.90 Å². The van der Waals surface area contributed by atoms with E-state index < -0.39 is 15.8 Å². The maximum absolute atomic E-state index is 13.4. The van der Waals surface area contributed by atoms with Gasteiger partial charge in [0.1, 0.15) is 17.2 Å². The van der Waals surface area contributed by atoms with E-state index in [1.165, 1.54) is 36.4 Å². The molecule has 8 nitrogen and oxygen atoms in total. The Morgan fingerprint density at radius 2 is 1.26 bits per heavy atom. The first-order chi connectivity index (χ1) is 16.8. The van der Waals surface area contributed by atoms with Crippen LogP contribution in [0, 0.1) is 15.6 Å². The molecule has 0 aliphatic carbocycles. The molecule has 4 rings (SSSR count). The highest BCUT2D eigenvalue weighted by Gasteiger charge is 2.34. The summed E-state index contributed by atoms with van der Waals surface area (Å²) in [4.78, 5) is 35.0. The number of ketones is 1. The molecule has 0 saturated carbocycles. The maximum Gasteiger partial charge on any atom is 0.243 e. The molecule has 3 aromatic carbocycles. The fourth-order valence-corrected chi connectivity index (χ4v) is 5.08. The SMILES string of the molecule is O=Nc1cccc(C=C2CN(S(=O)(=O)c3ccc(F)cc3)CC(=Cc3cccc(N=O)c3)C2=O)c1. The third-order valence-corrected chi connectivity index (χ3v) is 7.17. The topological polar surface area (TPSA) is 113 Å². The van der Waals surface area contributed by atoms with E-state index in [2.05, 4.69) is 10.4 Å². The second kappa shape index (κ2) is 10.00. The Morgan fingerprint density at radius 1 is 0.771 bits per heavy atom. The first-order valence-corrected chi connectivity index (χ1v) is 11.8. The van der Waals surface area contributed by atoms with E-state index in [9.17, 15) is 27.4 Å². The molecule has 1 fully saturated rings. The van der Waals surface area contributed by atoms with Gasteiger partial charge in [-0.15, -0.1) is 9.81 Å². The van der Waals surface area contributed by atoms with Crippen molar-refractivity contribution in [2.24, 2.45) is 10.4 Å². The Balaban J connectivity index is 1.80. The first kappa shape index (κ1) is 24.0. The Labute approximate surface area is 200 Å². The van der Waals surface area contributed by atoms with Gasteiger partial charge in [-0.2, -0.15) is 4.31 Å². The fraction of sp³-hybridized carbons (Fsp3) is 0.0800. The number of carbonyl (C=O) groups excluding carboxylic acids is 1. The molecular weight excluding hydrogens is 473 g/mol. The van der Waals surface area contributed by atoms with Crippen LogP contribution in [0.4, 0.5) is 15.8 Å². The monoisotopic (exact) mass is 491 g/mol. The molecule has 0 atom stereocenters. The van der Waals surface area contributed by atoms with Gasteiger partial charge in [0.25, 0.3) is 0 Å². The molecule has 1 saturated heterocycles. The summed E-state index contributed by atoms with van der Waals surface area (Å²) in [5, 5.41) is 5.77. The van der Waals surface area contributed by atoms with Gasteiger partial charge in [-0.3, -0.25) is 4.79 Å². The van der Waals surface area contributed by atoms with Crippen molar-refractivity contribution < 1.29 is 17.6 Å². The van der Waals surface area contributed by atoms with Crippen molar-refractivity contribution in [1.29, 1.82) is 0 Å². The van der Waals surface area contributed by atoms with E-state index in [1.807, 2.05) is 0 Å². The molecule has 35 heavy (non-hydrogen) atoms. The Morgan fingerprint density at radius 3 is 1.71 bits per heavy atom. The van der Waals surface area contributed by atoms with E-state index in [-0.39, 0.29) is 46.3 Å². The molecule has 10 heteroatoms. The molecule has 1 heterocycles. The minimum absolute atomic E-state index is 0.119. The molecule has 0 radical (unpaired) electrons. The quantitative estimate of drug-likeness (QED) is 0.340. The summed E-state index contributed by atoms with van der Waals surface area (Å²) in [5.41, 5.74) is 1.65. The van der Waals surface area contributed by atoms with Gasteiger partial charge in [-0.25, -0.2) is 12.8 Å². The third kappa shape index (κ3) is 5.34. The number of sulfonamides is 1. The van der Waals surface area contributed by atoms with Gasteiger partial charge in [-0.1, -0.05) is 24.3 Å². The van der Waals surface area contributed by atoms with E-state index >= 15 is 0 Å². The van der Waals surface area contributed by atoms with Crippen LogP contribution in [0.2, 0.25) is 0 Å². The molecule has 0 bridgehead atoms. The standard InChI is InChI=1S/C25H18FN3O5S/c26-21-7-9-24(10-8-21)35(33,34)29-15-19(11-17-3-1-5-22(13-17)27-31)25(30)20(16-29)12-18-4-2-6-23(14-18)28-32/h1-14H,15-16H2. The maximum atomic E-state index is 13.4. The summed E-state index contributed by atoms with van der Waals surface area (Å²) >= 11 is 0. The molecule has 3 aromatic rings. The third-order valence-electron chi connectivity index (χ3n) is 5.36. The van der Waals surface area contributed by atoms with Crippen LogP contribution in [-0.4, -0.2) is 31.6 Å². The smallest absolute Gasteiger partial charge is 0.243 e. The summed E-state index contributed by atoms with van der Waals surface area (Å²) < 4.78 is 41.1. The first-order valence-electron chi connectivity index (χ1n) is 10.4. The molecule has 0 amide bonds. The van der Waals surface area contributed by atoms with Gasteiger partial charge in [0.05, 0.1) is 4.90 Å². The summed E-state index contributed by atoms with van der Waals surface area (Å²) in [6, 6.07) is 16.9. The highest BCUT2D eigenvalue weighted by atomic mass is 32.2. The second-order valence-corrected chi connectivity index (χ2v) is 9.71. The Bertz CT molecular complexity index is 1410.